The Bertz CT molecular complexity index is 450. The smallest absolute Gasteiger partial charge is 0.507 e. The van der Waals surface area contributed by atoms with Gasteiger partial charge in [0.15, 0.2) is 0 Å². The van der Waals surface area contributed by atoms with Gasteiger partial charge < -0.3 is 14.9 Å². The first-order chi connectivity index (χ1) is 8.90. The second-order valence-corrected chi connectivity index (χ2v) is 4.15. The number of carboxylic acid groups (broad SMARTS) is 1. The number of phenolic OH excluding ortho intramolecular Hbond substituents is 1. The third kappa shape index (κ3) is 3.88. The standard InChI is InChI=1S/C13H18O4.C2H6/c1-5-6-10-9(4)11(14)7(2)8(3)12(10)17-13(15)16;1-2/h14H,5-6H2,1-4H3,(H,15,16);1-2H3. The van der Waals surface area contributed by atoms with Gasteiger partial charge in [-0.3, -0.25) is 0 Å². The largest absolute Gasteiger partial charge is 0.511 e. The molecule has 0 aromatic heterocycles. The van der Waals surface area contributed by atoms with E-state index < -0.39 is 6.16 Å². The molecule has 1 aromatic carbocycles. The molecule has 4 heteroatoms. The van der Waals surface area contributed by atoms with Crippen LogP contribution in [0.3, 0.4) is 0 Å². The summed E-state index contributed by atoms with van der Waals surface area (Å²) in [7, 11) is 0. The highest BCUT2D eigenvalue weighted by Crippen LogP contribution is 2.37. The van der Waals surface area contributed by atoms with Crippen molar-refractivity contribution >= 4 is 6.16 Å². The SMILES string of the molecule is CC.CCCc1c(C)c(O)c(C)c(C)c1OC(=O)O. The van der Waals surface area contributed by atoms with Gasteiger partial charge in [-0.2, -0.15) is 0 Å². The van der Waals surface area contributed by atoms with Crippen LogP contribution < -0.4 is 4.74 Å². The van der Waals surface area contributed by atoms with Crippen molar-refractivity contribution in [1.82, 2.24) is 0 Å². The van der Waals surface area contributed by atoms with Crippen LogP contribution in [0.4, 0.5) is 4.79 Å². The predicted octanol–water partition coefficient (Wildman–Crippen LogP) is 4.35. The van der Waals surface area contributed by atoms with Crippen LogP contribution >= 0.6 is 0 Å². The summed E-state index contributed by atoms with van der Waals surface area (Å²) in [6.07, 6.45) is 0.219. The summed E-state index contributed by atoms with van der Waals surface area (Å²) in [5, 5.41) is 18.7. The highest BCUT2D eigenvalue weighted by atomic mass is 16.7. The molecule has 2 N–H and O–H groups in total. The first-order valence-electron chi connectivity index (χ1n) is 6.62. The molecule has 1 aromatic rings. The van der Waals surface area contributed by atoms with Gasteiger partial charge in [-0.05, 0) is 43.9 Å². The third-order valence-corrected chi connectivity index (χ3v) is 3.03. The fourth-order valence-electron chi connectivity index (χ4n) is 1.95. The zero-order valence-electron chi connectivity index (χ0n) is 12.6. The average molecular weight is 268 g/mol. The van der Waals surface area contributed by atoms with Gasteiger partial charge in [-0.15, -0.1) is 0 Å². The minimum Gasteiger partial charge on any atom is -0.507 e. The van der Waals surface area contributed by atoms with Crippen molar-refractivity contribution in [2.24, 2.45) is 0 Å². The van der Waals surface area contributed by atoms with Crippen LogP contribution in [-0.4, -0.2) is 16.4 Å². The third-order valence-electron chi connectivity index (χ3n) is 3.03. The van der Waals surface area contributed by atoms with E-state index in [0.717, 1.165) is 12.0 Å². The quantitative estimate of drug-likeness (QED) is 0.631. The van der Waals surface area contributed by atoms with Crippen molar-refractivity contribution in [1.29, 1.82) is 0 Å². The van der Waals surface area contributed by atoms with Crippen LogP contribution in [0.2, 0.25) is 0 Å². The van der Waals surface area contributed by atoms with Crippen molar-refractivity contribution in [3.63, 3.8) is 0 Å². The van der Waals surface area contributed by atoms with Gasteiger partial charge in [-0.25, -0.2) is 4.79 Å². The average Bonchev–Trinajstić information content (AvgIpc) is 2.40. The minimum absolute atomic E-state index is 0.226. The number of hydrogen-bond acceptors (Lipinski definition) is 3. The van der Waals surface area contributed by atoms with Crippen LogP contribution in [0.1, 0.15) is 49.4 Å². The van der Waals surface area contributed by atoms with E-state index in [1.807, 2.05) is 20.8 Å². The predicted molar refractivity (Wildman–Crippen MR) is 76.3 cm³/mol. The molecule has 0 unspecified atom stereocenters. The van der Waals surface area contributed by atoms with E-state index in [0.29, 0.717) is 28.9 Å². The lowest BCUT2D eigenvalue weighted by Gasteiger charge is -2.17. The first-order valence-corrected chi connectivity index (χ1v) is 6.62. The molecular weight excluding hydrogens is 244 g/mol. The molecule has 0 heterocycles. The number of benzene rings is 1. The lowest BCUT2D eigenvalue weighted by atomic mass is 9.95. The molecule has 4 nitrogen and oxygen atoms in total. The van der Waals surface area contributed by atoms with Gasteiger partial charge in [0.25, 0.3) is 0 Å². The monoisotopic (exact) mass is 268 g/mol. The van der Waals surface area contributed by atoms with Crippen LogP contribution in [0.5, 0.6) is 11.5 Å². The van der Waals surface area contributed by atoms with Gasteiger partial charge in [-0.1, -0.05) is 27.2 Å². The fraction of sp³-hybridized carbons (Fsp3) is 0.533. The van der Waals surface area contributed by atoms with E-state index in [1.165, 1.54) is 0 Å². The molecule has 0 bridgehead atoms. The molecule has 0 spiro atoms. The highest BCUT2D eigenvalue weighted by molar-refractivity contribution is 5.66. The Morgan fingerprint density at radius 3 is 2.05 bits per heavy atom. The van der Waals surface area contributed by atoms with E-state index in [1.54, 1.807) is 20.8 Å². The summed E-state index contributed by atoms with van der Waals surface area (Å²) in [5.74, 6) is 0.593. The molecule has 0 saturated carbocycles. The van der Waals surface area contributed by atoms with E-state index >= 15 is 0 Å². The molecule has 0 aliphatic heterocycles. The van der Waals surface area contributed by atoms with Crippen molar-refractivity contribution in [3.05, 3.63) is 22.3 Å². The Morgan fingerprint density at radius 1 is 1.11 bits per heavy atom. The highest BCUT2D eigenvalue weighted by Gasteiger charge is 2.19. The molecule has 0 radical (unpaired) electrons. The van der Waals surface area contributed by atoms with Crippen LogP contribution in [0, 0.1) is 20.8 Å². The normalized spacial score (nSPS) is 9.58. The van der Waals surface area contributed by atoms with Crippen molar-refractivity contribution in [2.45, 2.75) is 54.4 Å². The second-order valence-electron chi connectivity index (χ2n) is 4.15. The molecule has 0 amide bonds. The maximum absolute atomic E-state index is 10.7. The number of ether oxygens (including phenoxy) is 1. The lowest BCUT2D eigenvalue weighted by Crippen LogP contribution is -2.09. The van der Waals surface area contributed by atoms with E-state index in [-0.39, 0.29) is 5.75 Å². The molecule has 0 atom stereocenters. The van der Waals surface area contributed by atoms with Crippen LogP contribution in [0.25, 0.3) is 0 Å². The first kappa shape index (κ1) is 17.3. The van der Waals surface area contributed by atoms with Gasteiger partial charge in [0, 0.05) is 5.56 Å². The molecule has 0 saturated heterocycles. The van der Waals surface area contributed by atoms with Crippen LogP contribution in [-0.2, 0) is 6.42 Å². The molecule has 19 heavy (non-hydrogen) atoms. The maximum Gasteiger partial charge on any atom is 0.511 e. The summed E-state index contributed by atoms with van der Waals surface area (Å²) in [4.78, 5) is 10.7. The van der Waals surface area contributed by atoms with Gasteiger partial charge >= 0.3 is 6.16 Å². The molecule has 0 fully saturated rings. The summed E-state index contributed by atoms with van der Waals surface area (Å²) >= 11 is 0. The summed E-state index contributed by atoms with van der Waals surface area (Å²) in [6.45, 7) is 11.3. The number of carbonyl (C=O) groups is 1. The van der Waals surface area contributed by atoms with Gasteiger partial charge in [0.2, 0.25) is 0 Å². The van der Waals surface area contributed by atoms with Crippen LogP contribution in [0.15, 0.2) is 0 Å². The number of aromatic hydroxyl groups is 1. The number of rotatable bonds is 3. The van der Waals surface area contributed by atoms with Crippen molar-refractivity contribution in [3.8, 4) is 11.5 Å². The molecular formula is C15H24O4. The van der Waals surface area contributed by atoms with E-state index in [4.69, 9.17) is 9.84 Å². The molecule has 0 aliphatic carbocycles. The van der Waals surface area contributed by atoms with E-state index in [2.05, 4.69) is 0 Å². The lowest BCUT2D eigenvalue weighted by molar-refractivity contribution is 0.143. The van der Waals surface area contributed by atoms with E-state index in [9.17, 15) is 9.90 Å². The Kier molecular flexibility index (Phi) is 6.98. The van der Waals surface area contributed by atoms with Gasteiger partial charge in [0.1, 0.15) is 11.5 Å². The second kappa shape index (κ2) is 7.67. The summed E-state index contributed by atoms with van der Waals surface area (Å²) < 4.78 is 4.85. The fourth-order valence-corrected chi connectivity index (χ4v) is 1.95. The summed E-state index contributed by atoms with van der Waals surface area (Å²) in [5.41, 5.74) is 2.82. The topological polar surface area (TPSA) is 66.8 Å². The Morgan fingerprint density at radius 2 is 1.63 bits per heavy atom. The maximum atomic E-state index is 10.7. The zero-order chi connectivity index (χ0) is 15.2. The number of hydrogen-bond donors (Lipinski definition) is 2. The molecule has 1 rings (SSSR count). The Hall–Kier alpha value is -1.71. The Balaban J connectivity index is 0.00000154. The summed E-state index contributed by atoms with van der Waals surface area (Å²) in [6, 6.07) is 0. The zero-order valence-corrected chi connectivity index (χ0v) is 12.6. The molecule has 0 aliphatic rings. The number of phenols is 1. The van der Waals surface area contributed by atoms with Crippen molar-refractivity contribution in [2.75, 3.05) is 0 Å². The van der Waals surface area contributed by atoms with Crippen molar-refractivity contribution < 1.29 is 19.7 Å². The Labute approximate surface area is 115 Å². The minimum atomic E-state index is -1.32. The molecule has 108 valence electrons. The van der Waals surface area contributed by atoms with Gasteiger partial charge in [0.05, 0.1) is 0 Å².